The molecule has 5 nitrogen and oxygen atoms in total. The number of rotatable bonds is 2. The lowest BCUT2D eigenvalue weighted by molar-refractivity contribution is -0.0333. The first-order valence-corrected chi connectivity index (χ1v) is 7.47. The molecule has 0 radical (unpaired) electrons. The van der Waals surface area contributed by atoms with Gasteiger partial charge in [-0.3, -0.25) is 0 Å². The van der Waals surface area contributed by atoms with E-state index in [2.05, 4.69) is 11.4 Å². The van der Waals surface area contributed by atoms with E-state index in [4.69, 9.17) is 9.47 Å². The number of amides is 1. The Morgan fingerprint density at radius 3 is 2.50 bits per heavy atom. The van der Waals surface area contributed by atoms with E-state index < -0.39 is 5.60 Å². The first-order chi connectivity index (χ1) is 9.44. The molecule has 1 atom stereocenters. The van der Waals surface area contributed by atoms with Crippen LogP contribution in [0.15, 0.2) is 12.3 Å². The second-order valence-corrected chi connectivity index (χ2v) is 6.44. The molecule has 2 aliphatic heterocycles. The van der Waals surface area contributed by atoms with Gasteiger partial charge in [-0.15, -0.1) is 0 Å². The Bertz CT molecular complexity index is 355. The number of carbonyl (C=O) groups excluding carboxylic acids is 1. The molecule has 114 valence electrons. The van der Waals surface area contributed by atoms with Gasteiger partial charge in [-0.1, -0.05) is 0 Å². The van der Waals surface area contributed by atoms with Gasteiger partial charge in [-0.2, -0.15) is 0 Å². The Morgan fingerprint density at radius 1 is 1.25 bits per heavy atom. The highest BCUT2D eigenvalue weighted by atomic mass is 16.6. The maximum absolute atomic E-state index is 12.0. The maximum Gasteiger partial charge on any atom is 0.410 e. The molecule has 0 aromatic rings. The summed E-state index contributed by atoms with van der Waals surface area (Å²) in [4.78, 5) is 13.7. The van der Waals surface area contributed by atoms with Crippen LogP contribution in [0, 0.1) is 0 Å². The van der Waals surface area contributed by atoms with Crippen molar-refractivity contribution in [1.82, 2.24) is 10.2 Å². The topological polar surface area (TPSA) is 50.8 Å². The Hall–Kier alpha value is -1.23. The van der Waals surface area contributed by atoms with Crippen LogP contribution in [0.25, 0.3) is 0 Å². The quantitative estimate of drug-likeness (QED) is 0.844. The van der Waals surface area contributed by atoms with Gasteiger partial charge in [0, 0.05) is 19.6 Å². The van der Waals surface area contributed by atoms with Crippen LogP contribution in [0.5, 0.6) is 0 Å². The summed E-state index contributed by atoms with van der Waals surface area (Å²) >= 11 is 0. The molecule has 20 heavy (non-hydrogen) atoms. The highest BCUT2D eigenvalue weighted by Gasteiger charge is 2.28. The van der Waals surface area contributed by atoms with Crippen molar-refractivity contribution in [3.05, 3.63) is 12.3 Å². The van der Waals surface area contributed by atoms with E-state index in [9.17, 15) is 4.79 Å². The molecule has 1 N–H and O–H groups in total. The standard InChI is InChI=1S/C15H26N2O3/c1-15(2,3)20-14(18)17-10-6-13(7-11-17)19-12-4-8-16-9-5-12/h4,8,12-13,16H,5-7,9-11H2,1-3H3. The third kappa shape index (κ3) is 4.71. The van der Waals surface area contributed by atoms with E-state index in [0.717, 1.165) is 25.8 Å². The van der Waals surface area contributed by atoms with Gasteiger partial charge >= 0.3 is 6.09 Å². The van der Waals surface area contributed by atoms with Crippen LogP contribution in [0.3, 0.4) is 0 Å². The average Bonchev–Trinajstić information content (AvgIpc) is 2.39. The number of ether oxygens (including phenoxy) is 2. The molecule has 2 heterocycles. The summed E-state index contributed by atoms with van der Waals surface area (Å²) in [5.74, 6) is 0. The molecule has 0 saturated carbocycles. The molecular weight excluding hydrogens is 256 g/mol. The summed E-state index contributed by atoms with van der Waals surface area (Å²) in [6, 6.07) is 0. The number of piperidine rings is 1. The summed E-state index contributed by atoms with van der Waals surface area (Å²) in [6.45, 7) is 8.08. The van der Waals surface area contributed by atoms with Crippen LogP contribution in [-0.2, 0) is 9.47 Å². The molecule has 2 aliphatic rings. The zero-order valence-corrected chi connectivity index (χ0v) is 12.7. The molecule has 2 rings (SSSR count). The molecule has 1 amide bonds. The molecule has 0 bridgehead atoms. The predicted octanol–water partition coefficient (Wildman–Crippen LogP) is 2.28. The highest BCUT2D eigenvalue weighted by molar-refractivity contribution is 5.68. The molecule has 0 aromatic carbocycles. The average molecular weight is 282 g/mol. The van der Waals surface area contributed by atoms with Crippen molar-refractivity contribution in [1.29, 1.82) is 0 Å². The van der Waals surface area contributed by atoms with E-state index in [-0.39, 0.29) is 18.3 Å². The third-order valence-electron chi connectivity index (χ3n) is 3.46. The van der Waals surface area contributed by atoms with Gasteiger partial charge in [0.05, 0.1) is 12.2 Å². The molecule has 0 aromatic heterocycles. The second kappa shape index (κ2) is 6.48. The van der Waals surface area contributed by atoms with E-state index >= 15 is 0 Å². The number of nitrogens with one attached hydrogen (secondary N) is 1. The lowest BCUT2D eigenvalue weighted by Crippen LogP contribution is -2.44. The molecule has 1 unspecified atom stereocenters. The van der Waals surface area contributed by atoms with Gasteiger partial charge in [0.15, 0.2) is 0 Å². The first-order valence-electron chi connectivity index (χ1n) is 7.47. The van der Waals surface area contributed by atoms with Crippen LogP contribution in [-0.4, -0.2) is 48.4 Å². The van der Waals surface area contributed by atoms with Gasteiger partial charge in [0.25, 0.3) is 0 Å². The Balaban J connectivity index is 1.73. The Labute approximate surface area is 121 Å². The molecule has 1 fully saturated rings. The summed E-state index contributed by atoms with van der Waals surface area (Å²) in [5.41, 5.74) is -0.426. The van der Waals surface area contributed by atoms with Gasteiger partial charge in [-0.25, -0.2) is 4.79 Å². The van der Waals surface area contributed by atoms with Crippen LogP contribution >= 0.6 is 0 Å². The van der Waals surface area contributed by atoms with E-state index in [1.54, 1.807) is 4.90 Å². The fourth-order valence-corrected chi connectivity index (χ4v) is 2.44. The zero-order chi connectivity index (χ0) is 14.6. The lowest BCUT2D eigenvalue weighted by atomic mass is 10.1. The van der Waals surface area contributed by atoms with Crippen molar-refractivity contribution >= 4 is 6.09 Å². The van der Waals surface area contributed by atoms with Crippen molar-refractivity contribution in [3.8, 4) is 0 Å². The number of nitrogens with zero attached hydrogens (tertiary/aromatic N) is 1. The minimum atomic E-state index is -0.426. The normalized spacial score (nSPS) is 24.4. The lowest BCUT2D eigenvalue weighted by Gasteiger charge is -2.34. The number of hydrogen-bond donors (Lipinski definition) is 1. The number of hydrogen-bond acceptors (Lipinski definition) is 4. The fraction of sp³-hybridized carbons (Fsp3) is 0.800. The van der Waals surface area contributed by atoms with Crippen molar-refractivity contribution in [2.24, 2.45) is 0 Å². The molecule has 1 saturated heterocycles. The third-order valence-corrected chi connectivity index (χ3v) is 3.46. The molecule has 5 heteroatoms. The van der Waals surface area contributed by atoms with Crippen molar-refractivity contribution in [2.45, 2.75) is 57.8 Å². The van der Waals surface area contributed by atoms with Gasteiger partial charge in [0.1, 0.15) is 5.60 Å². The highest BCUT2D eigenvalue weighted by Crippen LogP contribution is 2.19. The summed E-state index contributed by atoms with van der Waals surface area (Å²) in [7, 11) is 0. The van der Waals surface area contributed by atoms with Gasteiger partial charge in [-0.05, 0) is 52.3 Å². The van der Waals surface area contributed by atoms with Crippen molar-refractivity contribution in [2.75, 3.05) is 19.6 Å². The Morgan fingerprint density at radius 2 is 1.95 bits per heavy atom. The van der Waals surface area contributed by atoms with Crippen LogP contribution in [0.1, 0.15) is 40.0 Å². The van der Waals surface area contributed by atoms with E-state index in [1.807, 2.05) is 27.0 Å². The minimum Gasteiger partial charge on any atom is -0.444 e. The largest absolute Gasteiger partial charge is 0.444 e. The summed E-state index contributed by atoms with van der Waals surface area (Å²) in [5, 5.41) is 3.17. The monoisotopic (exact) mass is 282 g/mol. The van der Waals surface area contributed by atoms with Crippen LogP contribution < -0.4 is 5.32 Å². The number of likely N-dealkylation sites (tertiary alicyclic amines) is 1. The fourth-order valence-electron chi connectivity index (χ4n) is 2.44. The van der Waals surface area contributed by atoms with E-state index in [0.29, 0.717) is 13.1 Å². The van der Waals surface area contributed by atoms with Crippen molar-refractivity contribution in [3.63, 3.8) is 0 Å². The second-order valence-electron chi connectivity index (χ2n) is 6.44. The van der Waals surface area contributed by atoms with Gasteiger partial charge in [0.2, 0.25) is 0 Å². The van der Waals surface area contributed by atoms with Gasteiger partial charge < -0.3 is 19.7 Å². The molecule has 0 aliphatic carbocycles. The molecule has 0 spiro atoms. The van der Waals surface area contributed by atoms with E-state index in [1.165, 1.54) is 0 Å². The minimum absolute atomic E-state index is 0.210. The van der Waals surface area contributed by atoms with Crippen LogP contribution in [0.2, 0.25) is 0 Å². The van der Waals surface area contributed by atoms with Crippen molar-refractivity contribution < 1.29 is 14.3 Å². The summed E-state index contributed by atoms with van der Waals surface area (Å²) < 4.78 is 11.4. The first kappa shape index (κ1) is 15.2. The number of carbonyl (C=O) groups is 1. The smallest absolute Gasteiger partial charge is 0.410 e. The molecular formula is C15H26N2O3. The maximum atomic E-state index is 12.0. The zero-order valence-electron chi connectivity index (χ0n) is 12.7. The predicted molar refractivity (Wildman–Crippen MR) is 77.5 cm³/mol. The SMILES string of the molecule is CC(C)(C)OC(=O)N1CCC(OC2C=CNCC2)CC1. The summed E-state index contributed by atoms with van der Waals surface area (Å²) in [6.07, 6.45) is 7.08. The Kier molecular flexibility index (Phi) is 4.91. The van der Waals surface area contributed by atoms with Crippen LogP contribution in [0.4, 0.5) is 4.79 Å².